The second-order valence-corrected chi connectivity index (χ2v) is 10.5. The van der Waals surface area contributed by atoms with Crippen LogP contribution in [0.5, 0.6) is 0 Å². The fourth-order valence-corrected chi connectivity index (χ4v) is 8.84. The number of hydrogen-bond acceptors (Lipinski definition) is 7. The van der Waals surface area contributed by atoms with E-state index < -0.39 is 33.5 Å². The van der Waals surface area contributed by atoms with Crippen LogP contribution < -0.4 is 0 Å². The van der Waals surface area contributed by atoms with Crippen LogP contribution in [0.25, 0.3) is 0 Å². The molecule has 0 N–H and O–H groups in total. The predicted molar refractivity (Wildman–Crippen MR) is 81.3 cm³/mol. The first-order valence-corrected chi connectivity index (χ1v) is 10.7. The standard InChI is InChI=1S/C17H20O7S/c1-5-7-4-9-12(17(19)22-13(5)9)11(7)16(18)23-14-6-2-8-10(3-6)25(20,21)24-15(8)14/h5-15H,2-4H2,1H3. The maximum atomic E-state index is 12.9. The van der Waals surface area contributed by atoms with Gasteiger partial charge in [-0.15, -0.1) is 0 Å². The molecule has 0 aromatic heterocycles. The van der Waals surface area contributed by atoms with E-state index in [1.165, 1.54) is 0 Å². The quantitative estimate of drug-likeness (QED) is 0.517. The van der Waals surface area contributed by atoms with Gasteiger partial charge in [-0.1, -0.05) is 6.92 Å². The number of fused-ring (bicyclic) bond motifs is 2. The molecule has 136 valence electrons. The molecule has 6 aliphatic rings. The van der Waals surface area contributed by atoms with Crippen LogP contribution in [0.2, 0.25) is 0 Å². The SMILES string of the molecule is CC1C2CC3C1OC(=O)C3C2C(=O)OC1C2CC3C1OS(=O)(=O)C3C2. The van der Waals surface area contributed by atoms with E-state index in [9.17, 15) is 18.0 Å². The van der Waals surface area contributed by atoms with E-state index >= 15 is 0 Å². The molecular formula is C17H20O7S. The van der Waals surface area contributed by atoms with Crippen molar-refractivity contribution < 1.29 is 31.7 Å². The molecule has 0 spiro atoms. The smallest absolute Gasteiger partial charge is 0.310 e. The third-order valence-corrected chi connectivity index (χ3v) is 9.71. The second-order valence-electron chi connectivity index (χ2n) is 8.76. The number of esters is 2. The molecule has 8 heteroatoms. The third kappa shape index (κ3) is 1.64. The van der Waals surface area contributed by atoms with E-state index in [1.807, 2.05) is 6.92 Å². The lowest BCUT2D eigenvalue weighted by molar-refractivity contribution is -0.166. The first-order valence-electron chi connectivity index (χ1n) is 9.20. The van der Waals surface area contributed by atoms with E-state index in [0.717, 1.165) is 12.8 Å². The Kier molecular flexibility index (Phi) is 2.63. The summed E-state index contributed by atoms with van der Waals surface area (Å²) in [6.07, 6.45) is 1.04. The van der Waals surface area contributed by atoms with Crippen molar-refractivity contribution in [3.63, 3.8) is 0 Å². The van der Waals surface area contributed by atoms with E-state index in [-0.39, 0.29) is 53.6 Å². The van der Waals surface area contributed by atoms with Gasteiger partial charge in [0.1, 0.15) is 18.3 Å². The highest BCUT2D eigenvalue weighted by Gasteiger charge is 2.69. The molecule has 0 aromatic carbocycles. The van der Waals surface area contributed by atoms with Gasteiger partial charge in [-0.2, -0.15) is 8.42 Å². The van der Waals surface area contributed by atoms with Crippen molar-refractivity contribution in [2.45, 2.75) is 49.7 Å². The highest BCUT2D eigenvalue weighted by atomic mass is 32.2. The summed E-state index contributed by atoms with van der Waals surface area (Å²) in [4.78, 5) is 25.1. The Morgan fingerprint density at radius 3 is 2.72 bits per heavy atom. The summed E-state index contributed by atoms with van der Waals surface area (Å²) in [6, 6.07) is 0. The third-order valence-electron chi connectivity index (χ3n) is 7.93. The highest BCUT2D eigenvalue weighted by molar-refractivity contribution is 7.87. The molecule has 25 heavy (non-hydrogen) atoms. The maximum Gasteiger partial charge on any atom is 0.310 e. The zero-order chi connectivity index (χ0) is 17.2. The van der Waals surface area contributed by atoms with Crippen LogP contribution in [0.15, 0.2) is 0 Å². The Hall–Kier alpha value is -1.15. The number of hydrogen-bond donors (Lipinski definition) is 0. The van der Waals surface area contributed by atoms with Crippen LogP contribution in [-0.4, -0.2) is 43.9 Å². The fourth-order valence-electron chi connectivity index (χ4n) is 6.96. The van der Waals surface area contributed by atoms with Crippen molar-refractivity contribution in [1.82, 2.24) is 0 Å². The van der Waals surface area contributed by atoms with E-state index in [4.69, 9.17) is 13.7 Å². The van der Waals surface area contributed by atoms with Crippen molar-refractivity contribution in [1.29, 1.82) is 0 Å². The molecule has 6 fully saturated rings. The van der Waals surface area contributed by atoms with Crippen LogP contribution in [0.3, 0.4) is 0 Å². The minimum absolute atomic E-state index is 0.0434. The molecule has 0 aromatic rings. The first kappa shape index (κ1) is 15.0. The number of carbonyl (C=O) groups is 2. The second kappa shape index (κ2) is 4.39. The Morgan fingerprint density at radius 2 is 1.92 bits per heavy atom. The summed E-state index contributed by atoms with van der Waals surface area (Å²) in [6.45, 7) is 2.04. The molecule has 4 aliphatic carbocycles. The Balaban J connectivity index is 1.26. The van der Waals surface area contributed by atoms with E-state index in [1.54, 1.807) is 0 Å². The Labute approximate surface area is 145 Å². The largest absolute Gasteiger partial charge is 0.462 e. The summed E-state index contributed by atoms with van der Waals surface area (Å²) in [5.41, 5.74) is 0. The fraction of sp³-hybridized carbons (Fsp3) is 0.882. The van der Waals surface area contributed by atoms with E-state index in [0.29, 0.717) is 6.42 Å². The molecule has 2 saturated heterocycles. The Bertz CT molecular complexity index is 791. The zero-order valence-electron chi connectivity index (χ0n) is 13.7. The molecule has 2 aliphatic heterocycles. The van der Waals surface area contributed by atoms with Gasteiger partial charge in [0.25, 0.3) is 10.1 Å². The molecule has 0 amide bonds. The average molecular weight is 368 g/mol. The van der Waals surface area contributed by atoms with Gasteiger partial charge in [-0.05, 0) is 31.1 Å². The van der Waals surface area contributed by atoms with Gasteiger partial charge in [0, 0.05) is 17.8 Å². The van der Waals surface area contributed by atoms with Crippen molar-refractivity contribution in [3.05, 3.63) is 0 Å². The number of ether oxygens (including phenoxy) is 2. The van der Waals surface area contributed by atoms with Crippen LogP contribution in [-0.2, 0) is 33.4 Å². The summed E-state index contributed by atoms with van der Waals surface area (Å²) < 4.78 is 40.6. The van der Waals surface area contributed by atoms with E-state index in [2.05, 4.69) is 0 Å². The Morgan fingerprint density at radius 1 is 1.12 bits per heavy atom. The highest BCUT2D eigenvalue weighted by Crippen LogP contribution is 2.61. The van der Waals surface area contributed by atoms with Crippen molar-refractivity contribution >= 4 is 22.1 Å². The monoisotopic (exact) mass is 368 g/mol. The normalized spacial score (nSPS) is 58.8. The average Bonchev–Trinajstić information content (AvgIpc) is 3.30. The first-order chi connectivity index (χ1) is 11.9. The molecular weight excluding hydrogens is 348 g/mol. The molecule has 2 heterocycles. The number of carbonyl (C=O) groups excluding carboxylic acids is 2. The lowest BCUT2D eigenvalue weighted by atomic mass is 9.75. The van der Waals surface area contributed by atoms with Gasteiger partial charge in [0.05, 0.1) is 17.1 Å². The predicted octanol–water partition coefficient (Wildman–Crippen LogP) is 0.479. The summed E-state index contributed by atoms with van der Waals surface area (Å²) in [5.74, 6) is -1.00. The lowest BCUT2D eigenvalue weighted by Crippen LogP contribution is -2.42. The molecule has 11 unspecified atom stereocenters. The maximum absolute atomic E-state index is 12.9. The van der Waals surface area contributed by atoms with Gasteiger partial charge >= 0.3 is 11.9 Å². The van der Waals surface area contributed by atoms with Gasteiger partial charge in [0.2, 0.25) is 0 Å². The van der Waals surface area contributed by atoms with Crippen molar-refractivity contribution in [2.24, 2.45) is 41.4 Å². The molecule has 7 nitrogen and oxygen atoms in total. The van der Waals surface area contributed by atoms with Gasteiger partial charge in [-0.25, -0.2) is 0 Å². The molecule has 4 bridgehead atoms. The topological polar surface area (TPSA) is 96.0 Å². The molecule has 6 rings (SSSR count). The zero-order valence-corrected chi connectivity index (χ0v) is 14.6. The van der Waals surface area contributed by atoms with Crippen LogP contribution in [0.1, 0.15) is 26.2 Å². The van der Waals surface area contributed by atoms with Gasteiger partial charge in [-0.3, -0.25) is 13.8 Å². The van der Waals surface area contributed by atoms with Crippen molar-refractivity contribution in [2.75, 3.05) is 0 Å². The minimum Gasteiger partial charge on any atom is -0.462 e. The summed E-state index contributed by atoms with van der Waals surface area (Å²) in [5, 5.41) is -0.425. The van der Waals surface area contributed by atoms with Crippen molar-refractivity contribution in [3.8, 4) is 0 Å². The van der Waals surface area contributed by atoms with Gasteiger partial charge in [0.15, 0.2) is 0 Å². The van der Waals surface area contributed by atoms with Crippen LogP contribution >= 0.6 is 0 Å². The van der Waals surface area contributed by atoms with Gasteiger partial charge < -0.3 is 9.47 Å². The molecule has 11 atom stereocenters. The number of rotatable bonds is 2. The lowest BCUT2D eigenvalue weighted by Gasteiger charge is -2.31. The van der Waals surface area contributed by atoms with Crippen LogP contribution in [0.4, 0.5) is 0 Å². The summed E-state index contributed by atoms with van der Waals surface area (Å²) in [7, 11) is -3.52. The molecule has 0 radical (unpaired) electrons. The van der Waals surface area contributed by atoms with Crippen LogP contribution in [0, 0.1) is 41.4 Å². The summed E-state index contributed by atoms with van der Waals surface area (Å²) >= 11 is 0. The molecule has 4 saturated carbocycles. The minimum atomic E-state index is -3.52.